The topological polar surface area (TPSA) is 42.0 Å². The SMILES string of the molecule is Cc1cccc(N=Nc2c(-c3ccc(F)c(C)c3)nc3c(C)cccn23)c1. The van der Waals surface area contributed by atoms with Gasteiger partial charge in [0.2, 0.25) is 0 Å². The molecular weight excluding hydrogens is 339 g/mol. The fourth-order valence-electron chi connectivity index (χ4n) is 3.07. The normalized spacial score (nSPS) is 11.6. The molecular formula is C22H19FN4. The Hall–Kier alpha value is -3.34. The second-order valence-corrected chi connectivity index (χ2v) is 6.67. The highest BCUT2D eigenvalue weighted by Crippen LogP contribution is 2.34. The Morgan fingerprint density at radius 2 is 1.74 bits per heavy atom. The Labute approximate surface area is 157 Å². The van der Waals surface area contributed by atoms with Gasteiger partial charge in [-0.3, -0.25) is 4.40 Å². The zero-order valence-electron chi connectivity index (χ0n) is 15.4. The lowest BCUT2D eigenvalue weighted by Gasteiger charge is -2.02. The smallest absolute Gasteiger partial charge is 0.187 e. The maximum Gasteiger partial charge on any atom is 0.187 e. The van der Waals surface area contributed by atoms with Crippen LogP contribution in [0.2, 0.25) is 0 Å². The molecule has 0 unspecified atom stereocenters. The summed E-state index contributed by atoms with van der Waals surface area (Å²) in [7, 11) is 0. The van der Waals surface area contributed by atoms with Gasteiger partial charge >= 0.3 is 0 Å². The molecule has 4 nitrogen and oxygen atoms in total. The largest absolute Gasteiger partial charge is 0.282 e. The molecule has 0 spiro atoms. The summed E-state index contributed by atoms with van der Waals surface area (Å²) in [6.07, 6.45) is 1.92. The van der Waals surface area contributed by atoms with Gasteiger partial charge in [-0.2, -0.15) is 0 Å². The molecule has 0 saturated heterocycles. The fraction of sp³-hybridized carbons (Fsp3) is 0.136. The zero-order chi connectivity index (χ0) is 19.0. The van der Waals surface area contributed by atoms with E-state index in [1.54, 1.807) is 19.1 Å². The third kappa shape index (κ3) is 3.24. The summed E-state index contributed by atoms with van der Waals surface area (Å²) < 4.78 is 15.6. The summed E-state index contributed by atoms with van der Waals surface area (Å²) in [5, 5.41) is 8.91. The van der Waals surface area contributed by atoms with Crippen LogP contribution >= 0.6 is 0 Å². The minimum atomic E-state index is -0.235. The Kier molecular flexibility index (Phi) is 4.28. The Balaban J connectivity index is 1.91. The average molecular weight is 358 g/mol. The molecule has 134 valence electrons. The number of hydrogen-bond acceptors (Lipinski definition) is 3. The van der Waals surface area contributed by atoms with E-state index in [4.69, 9.17) is 4.98 Å². The van der Waals surface area contributed by atoms with E-state index in [-0.39, 0.29) is 5.82 Å². The maximum absolute atomic E-state index is 13.7. The summed E-state index contributed by atoms with van der Waals surface area (Å²) in [4.78, 5) is 4.77. The number of azo groups is 1. The van der Waals surface area contributed by atoms with Gasteiger partial charge in [0.25, 0.3) is 0 Å². The molecule has 27 heavy (non-hydrogen) atoms. The molecule has 0 bridgehead atoms. The summed E-state index contributed by atoms with van der Waals surface area (Å²) in [5.41, 5.74) is 5.82. The molecule has 2 aromatic carbocycles. The number of hydrogen-bond donors (Lipinski definition) is 0. The standard InChI is InChI=1S/C22H19FN4/c1-14-6-4-8-18(12-14)25-26-22-20(17-9-10-19(23)16(3)13-17)24-21-15(2)7-5-11-27(21)22/h4-13H,1-3H3. The van der Waals surface area contributed by atoms with Crippen molar-refractivity contribution in [2.24, 2.45) is 10.2 Å². The maximum atomic E-state index is 13.7. The second-order valence-electron chi connectivity index (χ2n) is 6.67. The van der Waals surface area contributed by atoms with Crippen molar-refractivity contribution < 1.29 is 4.39 Å². The first kappa shape index (κ1) is 17.1. The molecule has 0 radical (unpaired) electrons. The van der Waals surface area contributed by atoms with E-state index in [9.17, 15) is 4.39 Å². The number of nitrogens with zero attached hydrogens (tertiary/aromatic N) is 4. The summed E-state index contributed by atoms with van der Waals surface area (Å²) >= 11 is 0. The lowest BCUT2D eigenvalue weighted by Crippen LogP contribution is -1.86. The van der Waals surface area contributed by atoms with Crippen LogP contribution in [0.4, 0.5) is 15.9 Å². The van der Waals surface area contributed by atoms with Gasteiger partial charge in [0, 0.05) is 11.8 Å². The first-order chi connectivity index (χ1) is 13.0. The average Bonchev–Trinajstić information content (AvgIpc) is 3.02. The van der Waals surface area contributed by atoms with E-state index in [1.807, 2.05) is 60.8 Å². The van der Waals surface area contributed by atoms with Crippen LogP contribution in [0.5, 0.6) is 0 Å². The minimum Gasteiger partial charge on any atom is -0.282 e. The molecule has 0 amide bonds. The molecule has 0 saturated carbocycles. The molecule has 0 aliphatic carbocycles. The summed E-state index contributed by atoms with van der Waals surface area (Å²) in [5.74, 6) is 0.392. The molecule has 0 aliphatic heterocycles. The van der Waals surface area contributed by atoms with Crippen LogP contribution in [0, 0.1) is 26.6 Å². The van der Waals surface area contributed by atoms with Gasteiger partial charge in [-0.1, -0.05) is 18.2 Å². The number of imidazole rings is 1. The van der Waals surface area contributed by atoms with Crippen LogP contribution in [0.25, 0.3) is 16.9 Å². The van der Waals surface area contributed by atoms with Crippen LogP contribution in [0.15, 0.2) is 71.0 Å². The van der Waals surface area contributed by atoms with Crippen LogP contribution in [-0.2, 0) is 0 Å². The molecule has 4 rings (SSSR count). The van der Waals surface area contributed by atoms with Gasteiger partial charge in [0.05, 0.1) is 5.69 Å². The van der Waals surface area contributed by atoms with Crippen LogP contribution < -0.4 is 0 Å². The molecule has 0 N–H and O–H groups in total. The van der Waals surface area contributed by atoms with Gasteiger partial charge in [-0.05, 0) is 73.9 Å². The van der Waals surface area contributed by atoms with Gasteiger partial charge in [0.1, 0.15) is 17.2 Å². The first-order valence-electron chi connectivity index (χ1n) is 8.75. The van der Waals surface area contributed by atoms with Crippen molar-refractivity contribution in [2.75, 3.05) is 0 Å². The highest BCUT2D eigenvalue weighted by atomic mass is 19.1. The van der Waals surface area contributed by atoms with E-state index in [0.29, 0.717) is 17.1 Å². The number of fused-ring (bicyclic) bond motifs is 1. The molecule has 2 aromatic heterocycles. The third-order valence-electron chi connectivity index (χ3n) is 4.51. The quantitative estimate of drug-likeness (QED) is 0.386. The third-order valence-corrected chi connectivity index (χ3v) is 4.51. The van der Waals surface area contributed by atoms with Crippen molar-refractivity contribution in [3.05, 3.63) is 83.3 Å². The zero-order valence-corrected chi connectivity index (χ0v) is 15.4. The minimum absolute atomic E-state index is 0.235. The van der Waals surface area contributed by atoms with E-state index < -0.39 is 0 Å². The molecule has 4 aromatic rings. The van der Waals surface area contributed by atoms with Crippen LogP contribution in [0.1, 0.15) is 16.7 Å². The number of halogens is 1. The monoisotopic (exact) mass is 358 g/mol. The lowest BCUT2D eigenvalue weighted by molar-refractivity contribution is 0.619. The Morgan fingerprint density at radius 3 is 2.52 bits per heavy atom. The molecule has 2 heterocycles. The van der Waals surface area contributed by atoms with Crippen molar-refractivity contribution >= 4 is 17.2 Å². The highest BCUT2D eigenvalue weighted by molar-refractivity contribution is 5.75. The van der Waals surface area contributed by atoms with E-state index in [0.717, 1.165) is 28.0 Å². The Bertz CT molecular complexity index is 1170. The molecule has 0 aliphatic rings. The molecule has 0 atom stereocenters. The van der Waals surface area contributed by atoms with E-state index >= 15 is 0 Å². The van der Waals surface area contributed by atoms with Crippen molar-refractivity contribution in [3.8, 4) is 11.3 Å². The summed E-state index contributed by atoms with van der Waals surface area (Å²) in [6.45, 7) is 5.76. The van der Waals surface area contributed by atoms with Gasteiger partial charge < -0.3 is 0 Å². The number of pyridine rings is 1. The van der Waals surface area contributed by atoms with Crippen molar-refractivity contribution in [1.29, 1.82) is 0 Å². The number of benzene rings is 2. The van der Waals surface area contributed by atoms with Crippen molar-refractivity contribution in [2.45, 2.75) is 20.8 Å². The van der Waals surface area contributed by atoms with E-state index in [2.05, 4.69) is 10.2 Å². The van der Waals surface area contributed by atoms with Crippen LogP contribution in [-0.4, -0.2) is 9.38 Å². The van der Waals surface area contributed by atoms with Crippen molar-refractivity contribution in [3.63, 3.8) is 0 Å². The lowest BCUT2D eigenvalue weighted by atomic mass is 10.1. The summed E-state index contributed by atoms with van der Waals surface area (Å²) in [6, 6.07) is 16.8. The number of aromatic nitrogens is 2. The fourth-order valence-corrected chi connectivity index (χ4v) is 3.07. The predicted molar refractivity (Wildman–Crippen MR) is 105 cm³/mol. The first-order valence-corrected chi connectivity index (χ1v) is 8.75. The number of rotatable bonds is 3. The molecule has 5 heteroatoms. The van der Waals surface area contributed by atoms with Gasteiger partial charge in [-0.15, -0.1) is 10.2 Å². The predicted octanol–water partition coefficient (Wildman–Crippen LogP) is 6.48. The van der Waals surface area contributed by atoms with Gasteiger partial charge in [0.15, 0.2) is 5.82 Å². The highest BCUT2D eigenvalue weighted by Gasteiger charge is 2.16. The van der Waals surface area contributed by atoms with Gasteiger partial charge in [-0.25, -0.2) is 9.37 Å². The van der Waals surface area contributed by atoms with E-state index in [1.165, 1.54) is 6.07 Å². The Morgan fingerprint density at radius 1 is 0.889 bits per heavy atom. The van der Waals surface area contributed by atoms with Crippen LogP contribution in [0.3, 0.4) is 0 Å². The molecule has 0 fully saturated rings. The van der Waals surface area contributed by atoms with Crippen molar-refractivity contribution in [1.82, 2.24) is 9.38 Å². The number of aryl methyl sites for hydroxylation is 3. The second kappa shape index (κ2) is 6.76.